The number of morpholine rings is 1. The lowest BCUT2D eigenvalue weighted by Gasteiger charge is -2.40. The van der Waals surface area contributed by atoms with E-state index in [2.05, 4.69) is 24.1 Å². The van der Waals surface area contributed by atoms with Crippen LogP contribution in [0.1, 0.15) is 33.6 Å². The van der Waals surface area contributed by atoms with E-state index in [0.717, 1.165) is 32.7 Å². The van der Waals surface area contributed by atoms with Gasteiger partial charge in [-0.3, -0.25) is 9.69 Å². The van der Waals surface area contributed by atoms with Gasteiger partial charge in [0, 0.05) is 37.6 Å². The number of nitrogens with two attached hydrogens (primary N) is 1. The number of amides is 1. The summed E-state index contributed by atoms with van der Waals surface area (Å²) in [4.78, 5) is 14.0. The molecule has 1 atom stereocenters. The molecule has 0 bridgehead atoms. The molecule has 3 N–H and O–H groups in total. The SMILES string of the molecule is CC(N)CCC(=O)NCC(C)(C)N1CCOCC1.Cl.Cl. The van der Waals surface area contributed by atoms with Gasteiger partial charge in [0.15, 0.2) is 0 Å². The number of carbonyl (C=O) groups is 1. The topological polar surface area (TPSA) is 67.6 Å². The van der Waals surface area contributed by atoms with Crippen LogP contribution in [0.15, 0.2) is 0 Å². The molecule has 0 aromatic rings. The molecular weight excluding hydrogens is 301 g/mol. The van der Waals surface area contributed by atoms with Gasteiger partial charge >= 0.3 is 0 Å². The van der Waals surface area contributed by atoms with Crippen molar-refractivity contribution in [3.8, 4) is 0 Å². The molecule has 122 valence electrons. The number of halogens is 2. The predicted molar refractivity (Wildman–Crippen MR) is 86.9 cm³/mol. The minimum absolute atomic E-state index is 0. The number of nitrogens with one attached hydrogen (secondary N) is 1. The first kappa shape index (κ1) is 22.2. The molecule has 0 aromatic carbocycles. The molecule has 0 saturated carbocycles. The van der Waals surface area contributed by atoms with E-state index < -0.39 is 0 Å². The summed E-state index contributed by atoms with van der Waals surface area (Å²) in [5.41, 5.74) is 5.62. The van der Waals surface area contributed by atoms with E-state index in [9.17, 15) is 4.79 Å². The Hall–Kier alpha value is -0.0700. The summed E-state index contributed by atoms with van der Waals surface area (Å²) in [6, 6.07) is 0.0861. The number of hydrogen-bond acceptors (Lipinski definition) is 4. The minimum atomic E-state index is -0.0201. The molecule has 7 heteroatoms. The Labute approximate surface area is 134 Å². The first-order chi connectivity index (χ1) is 8.42. The lowest BCUT2D eigenvalue weighted by molar-refractivity contribution is -0.122. The van der Waals surface area contributed by atoms with Gasteiger partial charge in [0.25, 0.3) is 0 Å². The number of ether oxygens (including phenoxy) is 1. The highest BCUT2D eigenvalue weighted by Gasteiger charge is 2.28. The van der Waals surface area contributed by atoms with E-state index in [0.29, 0.717) is 13.0 Å². The predicted octanol–water partition coefficient (Wildman–Crippen LogP) is 1.18. The number of hydrogen-bond donors (Lipinski definition) is 2. The van der Waals surface area contributed by atoms with Crippen LogP contribution < -0.4 is 11.1 Å². The molecule has 1 amide bonds. The highest BCUT2D eigenvalue weighted by molar-refractivity contribution is 5.85. The van der Waals surface area contributed by atoms with Crippen molar-refractivity contribution in [3.63, 3.8) is 0 Å². The Kier molecular flexibility index (Phi) is 11.8. The maximum Gasteiger partial charge on any atom is 0.220 e. The second-order valence-corrected chi connectivity index (χ2v) is 5.70. The summed E-state index contributed by atoms with van der Waals surface area (Å²) >= 11 is 0. The molecule has 0 spiro atoms. The van der Waals surface area contributed by atoms with Gasteiger partial charge in [0.05, 0.1) is 13.2 Å². The largest absolute Gasteiger partial charge is 0.379 e. The molecule has 1 saturated heterocycles. The smallest absolute Gasteiger partial charge is 0.220 e. The van der Waals surface area contributed by atoms with E-state index in [1.165, 1.54) is 0 Å². The molecule has 5 nitrogen and oxygen atoms in total. The normalized spacial score (nSPS) is 17.6. The molecule has 1 heterocycles. The lowest BCUT2D eigenvalue weighted by atomic mass is 10.0. The monoisotopic (exact) mass is 329 g/mol. The third-order valence-corrected chi connectivity index (χ3v) is 3.41. The molecule has 1 aliphatic heterocycles. The van der Waals surface area contributed by atoms with Gasteiger partial charge in [0.2, 0.25) is 5.91 Å². The van der Waals surface area contributed by atoms with Crippen molar-refractivity contribution < 1.29 is 9.53 Å². The van der Waals surface area contributed by atoms with Crippen LogP contribution in [-0.4, -0.2) is 55.2 Å². The third-order valence-electron chi connectivity index (χ3n) is 3.41. The summed E-state index contributed by atoms with van der Waals surface area (Å²) in [5.74, 6) is 0.0913. The second-order valence-electron chi connectivity index (χ2n) is 5.70. The van der Waals surface area contributed by atoms with E-state index in [4.69, 9.17) is 10.5 Å². The van der Waals surface area contributed by atoms with E-state index in [1.807, 2.05) is 6.92 Å². The molecule has 20 heavy (non-hydrogen) atoms. The molecule has 1 aliphatic rings. The lowest BCUT2D eigenvalue weighted by Crippen LogP contribution is -2.55. The quantitative estimate of drug-likeness (QED) is 0.768. The highest BCUT2D eigenvalue weighted by Crippen LogP contribution is 2.15. The first-order valence-electron chi connectivity index (χ1n) is 6.77. The van der Waals surface area contributed by atoms with Crippen molar-refractivity contribution in [2.75, 3.05) is 32.8 Å². The van der Waals surface area contributed by atoms with Crippen molar-refractivity contribution in [3.05, 3.63) is 0 Å². The molecule has 0 radical (unpaired) electrons. The third kappa shape index (κ3) is 8.27. The van der Waals surface area contributed by atoms with Gasteiger partial charge in [-0.15, -0.1) is 24.8 Å². The summed E-state index contributed by atoms with van der Waals surface area (Å²) in [7, 11) is 0. The van der Waals surface area contributed by atoms with Crippen LogP contribution in [0.2, 0.25) is 0 Å². The Balaban J connectivity index is 0. The van der Waals surface area contributed by atoms with Gasteiger partial charge in [-0.1, -0.05) is 0 Å². The minimum Gasteiger partial charge on any atom is -0.379 e. The summed E-state index contributed by atoms with van der Waals surface area (Å²) in [6.45, 7) is 10.3. The van der Waals surface area contributed by atoms with Crippen molar-refractivity contribution >= 4 is 30.7 Å². The fraction of sp³-hybridized carbons (Fsp3) is 0.923. The van der Waals surface area contributed by atoms with Gasteiger partial charge in [-0.25, -0.2) is 0 Å². The summed E-state index contributed by atoms with van der Waals surface area (Å²) in [5, 5.41) is 3.00. The van der Waals surface area contributed by atoms with Crippen LogP contribution in [0.3, 0.4) is 0 Å². The average Bonchev–Trinajstić information content (AvgIpc) is 2.35. The Morgan fingerprint density at radius 3 is 2.40 bits per heavy atom. The number of nitrogens with zero attached hydrogens (tertiary/aromatic N) is 1. The molecule has 1 rings (SSSR count). The Morgan fingerprint density at radius 2 is 1.90 bits per heavy atom. The van der Waals surface area contributed by atoms with Crippen molar-refractivity contribution in [1.82, 2.24) is 10.2 Å². The van der Waals surface area contributed by atoms with Gasteiger partial charge in [-0.2, -0.15) is 0 Å². The first-order valence-corrected chi connectivity index (χ1v) is 6.77. The van der Waals surface area contributed by atoms with Crippen LogP contribution in [0.5, 0.6) is 0 Å². The van der Waals surface area contributed by atoms with Crippen molar-refractivity contribution in [1.29, 1.82) is 0 Å². The fourth-order valence-electron chi connectivity index (χ4n) is 2.04. The van der Waals surface area contributed by atoms with Crippen LogP contribution in [0.4, 0.5) is 0 Å². The van der Waals surface area contributed by atoms with Crippen LogP contribution in [0, 0.1) is 0 Å². The van der Waals surface area contributed by atoms with E-state index in [-0.39, 0.29) is 42.3 Å². The van der Waals surface area contributed by atoms with Crippen molar-refractivity contribution in [2.45, 2.75) is 45.2 Å². The van der Waals surface area contributed by atoms with E-state index >= 15 is 0 Å². The standard InChI is InChI=1S/C13H27N3O2.2ClH/c1-11(14)4-5-12(17)15-10-13(2,3)16-6-8-18-9-7-16;;/h11H,4-10,14H2,1-3H3,(H,15,17);2*1H. The molecule has 0 aromatic heterocycles. The summed E-state index contributed by atoms with van der Waals surface area (Å²) < 4.78 is 5.34. The van der Waals surface area contributed by atoms with Gasteiger partial charge in [-0.05, 0) is 27.2 Å². The average molecular weight is 330 g/mol. The molecule has 1 fully saturated rings. The zero-order chi connectivity index (χ0) is 13.6. The van der Waals surface area contributed by atoms with E-state index in [1.54, 1.807) is 0 Å². The maximum absolute atomic E-state index is 11.7. The maximum atomic E-state index is 11.7. The Morgan fingerprint density at radius 1 is 1.35 bits per heavy atom. The summed E-state index contributed by atoms with van der Waals surface area (Å²) in [6.07, 6.45) is 1.25. The zero-order valence-corrected chi connectivity index (χ0v) is 14.3. The van der Waals surface area contributed by atoms with Crippen LogP contribution in [0.25, 0.3) is 0 Å². The number of rotatable bonds is 6. The number of carbonyl (C=O) groups excluding carboxylic acids is 1. The highest BCUT2D eigenvalue weighted by atomic mass is 35.5. The molecular formula is C13H29Cl2N3O2. The second kappa shape index (κ2) is 10.6. The van der Waals surface area contributed by atoms with Crippen LogP contribution in [-0.2, 0) is 9.53 Å². The molecule has 1 unspecified atom stereocenters. The van der Waals surface area contributed by atoms with Crippen molar-refractivity contribution in [2.24, 2.45) is 5.73 Å². The zero-order valence-electron chi connectivity index (χ0n) is 12.7. The fourth-order valence-corrected chi connectivity index (χ4v) is 2.04. The van der Waals surface area contributed by atoms with Crippen LogP contribution >= 0.6 is 24.8 Å². The van der Waals surface area contributed by atoms with Gasteiger partial charge in [0.1, 0.15) is 0 Å². The van der Waals surface area contributed by atoms with Gasteiger partial charge < -0.3 is 15.8 Å². The Bertz CT molecular complexity index is 270. The molecule has 0 aliphatic carbocycles.